The highest BCUT2D eigenvalue weighted by Crippen LogP contribution is 2.26. The van der Waals surface area contributed by atoms with Crippen LogP contribution in [0.5, 0.6) is 0 Å². The van der Waals surface area contributed by atoms with Gasteiger partial charge in [0.05, 0.1) is 13.2 Å². The minimum atomic E-state index is 0.417. The van der Waals surface area contributed by atoms with Crippen LogP contribution in [0.3, 0.4) is 0 Å². The van der Waals surface area contributed by atoms with E-state index in [2.05, 4.69) is 13.8 Å². The highest BCUT2D eigenvalue weighted by Gasteiger charge is 2.22. The summed E-state index contributed by atoms with van der Waals surface area (Å²) in [5.41, 5.74) is 5.99. The van der Waals surface area contributed by atoms with Crippen LogP contribution in [0.15, 0.2) is 0 Å². The Morgan fingerprint density at radius 2 is 1.88 bits per heavy atom. The Morgan fingerprint density at radius 3 is 2.50 bits per heavy atom. The summed E-state index contributed by atoms with van der Waals surface area (Å²) in [5, 5.41) is 0. The number of hydrogen-bond donors (Lipinski definition) is 1. The molecule has 1 fully saturated rings. The maximum Gasteiger partial charge on any atom is 0.0700 e. The molecule has 0 heterocycles. The van der Waals surface area contributed by atoms with Crippen molar-refractivity contribution in [2.45, 2.75) is 45.6 Å². The monoisotopic (exact) mass is 229 g/mol. The molecule has 1 aliphatic rings. The van der Waals surface area contributed by atoms with E-state index in [1.54, 1.807) is 0 Å². The lowest BCUT2D eigenvalue weighted by atomic mass is 10.0. The van der Waals surface area contributed by atoms with Crippen LogP contribution in [0.25, 0.3) is 0 Å². The molecule has 96 valence electrons. The minimum Gasteiger partial charge on any atom is -0.379 e. The summed E-state index contributed by atoms with van der Waals surface area (Å²) in [4.78, 5) is 0. The number of hydrogen-bond acceptors (Lipinski definition) is 3. The molecule has 3 nitrogen and oxygen atoms in total. The van der Waals surface area contributed by atoms with Crippen LogP contribution < -0.4 is 5.73 Å². The van der Waals surface area contributed by atoms with Gasteiger partial charge in [0.2, 0.25) is 0 Å². The largest absolute Gasteiger partial charge is 0.379 e. The van der Waals surface area contributed by atoms with Crippen molar-refractivity contribution in [1.29, 1.82) is 0 Å². The molecule has 2 N–H and O–H groups in total. The van der Waals surface area contributed by atoms with E-state index in [0.717, 1.165) is 26.2 Å². The molecule has 2 unspecified atom stereocenters. The molecular formula is C13H27NO2. The molecule has 0 bridgehead atoms. The summed E-state index contributed by atoms with van der Waals surface area (Å²) in [7, 11) is 0. The third-order valence-corrected chi connectivity index (χ3v) is 3.17. The van der Waals surface area contributed by atoms with E-state index in [4.69, 9.17) is 15.2 Å². The Bertz CT molecular complexity index is 173. The van der Waals surface area contributed by atoms with Gasteiger partial charge in [-0.1, -0.05) is 20.3 Å². The third kappa shape index (κ3) is 5.83. The van der Waals surface area contributed by atoms with Gasteiger partial charge in [-0.3, -0.25) is 0 Å². The lowest BCUT2D eigenvalue weighted by molar-refractivity contribution is 0.0333. The van der Waals surface area contributed by atoms with E-state index in [9.17, 15) is 0 Å². The van der Waals surface area contributed by atoms with Crippen LogP contribution in [0.2, 0.25) is 0 Å². The average molecular weight is 229 g/mol. The van der Waals surface area contributed by atoms with Gasteiger partial charge in [-0.2, -0.15) is 0 Å². The SMILES string of the molecule is CC(C)COCCOCCC1CCCC1N. The summed E-state index contributed by atoms with van der Waals surface area (Å²) in [6, 6.07) is 0.417. The van der Waals surface area contributed by atoms with E-state index in [-0.39, 0.29) is 0 Å². The van der Waals surface area contributed by atoms with Crippen molar-refractivity contribution >= 4 is 0 Å². The van der Waals surface area contributed by atoms with Gasteiger partial charge >= 0.3 is 0 Å². The lowest BCUT2D eigenvalue weighted by Crippen LogP contribution is -2.25. The van der Waals surface area contributed by atoms with Crippen molar-refractivity contribution in [3.8, 4) is 0 Å². The van der Waals surface area contributed by atoms with Crippen LogP contribution >= 0.6 is 0 Å². The predicted molar refractivity (Wildman–Crippen MR) is 66.4 cm³/mol. The van der Waals surface area contributed by atoms with Crippen LogP contribution in [-0.2, 0) is 9.47 Å². The smallest absolute Gasteiger partial charge is 0.0700 e. The molecule has 2 atom stereocenters. The molecule has 0 aliphatic heterocycles. The molecule has 1 aliphatic carbocycles. The standard InChI is InChI=1S/C13H27NO2/c1-11(2)10-16-9-8-15-7-6-12-4-3-5-13(12)14/h11-13H,3-10,14H2,1-2H3. The van der Waals surface area contributed by atoms with E-state index >= 15 is 0 Å². The van der Waals surface area contributed by atoms with Crippen molar-refractivity contribution in [2.75, 3.05) is 26.4 Å². The molecule has 0 radical (unpaired) electrons. The molecule has 0 aromatic heterocycles. The second-order valence-electron chi connectivity index (χ2n) is 5.22. The quantitative estimate of drug-likeness (QED) is 0.649. The van der Waals surface area contributed by atoms with Gasteiger partial charge in [0, 0.05) is 19.3 Å². The summed E-state index contributed by atoms with van der Waals surface area (Å²) in [5.74, 6) is 1.30. The predicted octanol–water partition coefficient (Wildman–Crippen LogP) is 2.19. The van der Waals surface area contributed by atoms with Gasteiger partial charge in [0.1, 0.15) is 0 Å². The van der Waals surface area contributed by atoms with Gasteiger partial charge in [0.25, 0.3) is 0 Å². The fourth-order valence-electron chi connectivity index (χ4n) is 2.20. The van der Waals surface area contributed by atoms with Crippen molar-refractivity contribution < 1.29 is 9.47 Å². The molecule has 1 saturated carbocycles. The first-order chi connectivity index (χ1) is 7.70. The second-order valence-corrected chi connectivity index (χ2v) is 5.22. The van der Waals surface area contributed by atoms with Gasteiger partial charge in [0.15, 0.2) is 0 Å². The highest BCUT2D eigenvalue weighted by atomic mass is 16.5. The van der Waals surface area contributed by atoms with Crippen molar-refractivity contribution in [3.63, 3.8) is 0 Å². The summed E-state index contributed by atoms with van der Waals surface area (Å²) >= 11 is 0. The van der Waals surface area contributed by atoms with Gasteiger partial charge in [-0.25, -0.2) is 0 Å². The van der Waals surface area contributed by atoms with E-state index < -0.39 is 0 Å². The van der Waals surface area contributed by atoms with Crippen molar-refractivity contribution in [3.05, 3.63) is 0 Å². The fourth-order valence-corrected chi connectivity index (χ4v) is 2.20. The molecule has 0 aromatic rings. The first kappa shape index (κ1) is 13.9. The molecule has 0 saturated heterocycles. The zero-order valence-electron chi connectivity index (χ0n) is 10.8. The lowest BCUT2D eigenvalue weighted by Gasteiger charge is -2.15. The van der Waals surface area contributed by atoms with E-state index in [0.29, 0.717) is 24.5 Å². The minimum absolute atomic E-state index is 0.417. The normalized spacial score (nSPS) is 25.5. The Balaban J connectivity index is 1.84. The first-order valence-electron chi connectivity index (χ1n) is 6.61. The number of ether oxygens (including phenoxy) is 2. The van der Waals surface area contributed by atoms with Crippen LogP contribution in [0, 0.1) is 11.8 Å². The van der Waals surface area contributed by atoms with Crippen LogP contribution in [-0.4, -0.2) is 32.5 Å². The number of rotatable bonds is 8. The molecule has 0 amide bonds. The average Bonchev–Trinajstić information content (AvgIpc) is 2.62. The third-order valence-electron chi connectivity index (χ3n) is 3.17. The maximum absolute atomic E-state index is 5.99. The fraction of sp³-hybridized carbons (Fsp3) is 1.00. The Labute approximate surface area is 99.7 Å². The zero-order valence-corrected chi connectivity index (χ0v) is 10.8. The molecular weight excluding hydrogens is 202 g/mol. The zero-order chi connectivity index (χ0) is 11.8. The van der Waals surface area contributed by atoms with Crippen molar-refractivity contribution in [1.82, 2.24) is 0 Å². The van der Waals surface area contributed by atoms with Crippen LogP contribution in [0.1, 0.15) is 39.5 Å². The van der Waals surface area contributed by atoms with Gasteiger partial charge in [-0.05, 0) is 31.1 Å². The second kappa shape index (κ2) is 8.04. The van der Waals surface area contributed by atoms with Gasteiger partial charge in [-0.15, -0.1) is 0 Å². The maximum atomic E-state index is 5.99. The molecule has 0 aromatic carbocycles. The molecule has 1 rings (SSSR count). The number of nitrogens with two attached hydrogens (primary N) is 1. The Morgan fingerprint density at radius 1 is 1.12 bits per heavy atom. The highest BCUT2D eigenvalue weighted by molar-refractivity contribution is 4.79. The summed E-state index contributed by atoms with van der Waals surface area (Å²) in [6.07, 6.45) is 4.89. The van der Waals surface area contributed by atoms with E-state index in [1.807, 2.05) is 0 Å². The van der Waals surface area contributed by atoms with E-state index in [1.165, 1.54) is 19.3 Å². The Hall–Kier alpha value is -0.120. The van der Waals surface area contributed by atoms with Crippen LogP contribution in [0.4, 0.5) is 0 Å². The topological polar surface area (TPSA) is 44.5 Å². The van der Waals surface area contributed by atoms with Crippen molar-refractivity contribution in [2.24, 2.45) is 17.6 Å². The Kier molecular flexibility index (Phi) is 7.01. The molecule has 0 spiro atoms. The van der Waals surface area contributed by atoms with Gasteiger partial charge < -0.3 is 15.2 Å². The first-order valence-corrected chi connectivity index (χ1v) is 6.61. The summed E-state index contributed by atoms with van der Waals surface area (Å²) < 4.78 is 11.0. The summed E-state index contributed by atoms with van der Waals surface area (Å²) in [6.45, 7) is 7.41. The molecule has 16 heavy (non-hydrogen) atoms. The molecule has 3 heteroatoms.